The zero-order chi connectivity index (χ0) is 15.5. The summed E-state index contributed by atoms with van der Waals surface area (Å²) in [5.74, 6) is 1.12. The van der Waals surface area contributed by atoms with Crippen LogP contribution in [0.5, 0.6) is 0 Å². The minimum absolute atomic E-state index is 0.421. The number of aromatic nitrogens is 1. The molecule has 124 valence electrons. The zero-order valence-corrected chi connectivity index (χ0v) is 14.4. The number of anilines is 1. The monoisotopic (exact) mass is 331 g/mol. The lowest BCUT2D eigenvalue weighted by molar-refractivity contribution is 0.171. The second-order valence-corrected chi connectivity index (χ2v) is 7.75. The molecule has 1 atom stereocenters. The number of likely N-dealkylation sites (tertiary alicyclic amines) is 1. The summed E-state index contributed by atoms with van der Waals surface area (Å²) in [5.41, 5.74) is 0. The minimum atomic E-state index is 0.421. The highest BCUT2D eigenvalue weighted by atomic mass is 32.1. The van der Waals surface area contributed by atoms with Crippen molar-refractivity contribution < 1.29 is 4.42 Å². The van der Waals surface area contributed by atoms with Crippen LogP contribution in [0.25, 0.3) is 0 Å². The third kappa shape index (κ3) is 3.45. The van der Waals surface area contributed by atoms with E-state index in [1.807, 2.05) is 17.4 Å². The average molecular weight is 331 g/mol. The Hall–Kier alpha value is -1.33. The van der Waals surface area contributed by atoms with Gasteiger partial charge in [-0.2, -0.15) is 0 Å². The standard InChI is InChI=1S/C18H25N3OS/c1-2-7-16(17-8-6-12-22-17)21(11-3-1)14-15-13-19-18(23-15)20-9-4-5-10-20/h6,8,12-13,16H,1-5,7,9-11,14H2. The Morgan fingerprint density at radius 2 is 2.00 bits per heavy atom. The van der Waals surface area contributed by atoms with Crippen LogP contribution in [0.3, 0.4) is 0 Å². The molecule has 2 saturated heterocycles. The van der Waals surface area contributed by atoms with Gasteiger partial charge in [-0.1, -0.05) is 12.8 Å². The van der Waals surface area contributed by atoms with E-state index in [2.05, 4.69) is 27.0 Å². The Labute approximate surface area is 142 Å². The van der Waals surface area contributed by atoms with Crippen LogP contribution < -0.4 is 4.90 Å². The Bertz CT molecular complexity index is 604. The predicted octanol–water partition coefficient (Wildman–Crippen LogP) is 4.45. The van der Waals surface area contributed by atoms with Gasteiger partial charge in [-0.05, 0) is 44.4 Å². The maximum Gasteiger partial charge on any atom is 0.185 e. The van der Waals surface area contributed by atoms with Crippen molar-refractivity contribution in [1.82, 2.24) is 9.88 Å². The van der Waals surface area contributed by atoms with E-state index < -0.39 is 0 Å². The first-order chi connectivity index (χ1) is 11.4. The third-order valence-corrected chi connectivity index (χ3v) is 6.06. The topological polar surface area (TPSA) is 32.5 Å². The second kappa shape index (κ2) is 7.05. The quantitative estimate of drug-likeness (QED) is 0.828. The molecular formula is C18H25N3OS. The average Bonchev–Trinajstić information content (AvgIpc) is 3.29. The molecule has 4 rings (SSSR count). The second-order valence-electron chi connectivity index (χ2n) is 6.65. The zero-order valence-electron chi connectivity index (χ0n) is 13.6. The fourth-order valence-corrected chi connectivity index (χ4v) is 4.77. The summed E-state index contributed by atoms with van der Waals surface area (Å²) in [7, 11) is 0. The summed E-state index contributed by atoms with van der Waals surface area (Å²) in [6, 6.07) is 4.56. The highest BCUT2D eigenvalue weighted by Crippen LogP contribution is 2.33. The molecule has 0 spiro atoms. The SMILES string of the molecule is c1coc(C2CCCCCN2Cc2cnc(N3CCCC3)s2)c1. The van der Waals surface area contributed by atoms with Gasteiger partial charge in [0.25, 0.3) is 0 Å². The first kappa shape index (κ1) is 15.2. The molecule has 2 aromatic heterocycles. The van der Waals surface area contributed by atoms with Crippen molar-refractivity contribution in [3.05, 3.63) is 35.2 Å². The maximum atomic E-state index is 5.72. The van der Waals surface area contributed by atoms with Crippen molar-refractivity contribution >= 4 is 16.5 Å². The summed E-state index contributed by atoms with van der Waals surface area (Å²) in [5, 5.41) is 1.21. The Balaban J connectivity index is 1.48. The first-order valence-corrected chi connectivity index (χ1v) is 9.69. The summed E-state index contributed by atoms with van der Waals surface area (Å²) in [6.45, 7) is 4.50. The predicted molar refractivity (Wildman–Crippen MR) is 93.9 cm³/mol. The Morgan fingerprint density at radius 3 is 2.83 bits per heavy atom. The van der Waals surface area contributed by atoms with Gasteiger partial charge in [-0.25, -0.2) is 4.98 Å². The lowest BCUT2D eigenvalue weighted by Gasteiger charge is -2.27. The lowest BCUT2D eigenvalue weighted by atomic mass is 10.1. The van der Waals surface area contributed by atoms with E-state index >= 15 is 0 Å². The van der Waals surface area contributed by atoms with E-state index in [0.29, 0.717) is 6.04 Å². The molecule has 4 nitrogen and oxygen atoms in total. The molecule has 0 aliphatic carbocycles. The molecule has 2 aromatic rings. The smallest absolute Gasteiger partial charge is 0.185 e. The van der Waals surface area contributed by atoms with Crippen molar-refractivity contribution in [2.75, 3.05) is 24.5 Å². The van der Waals surface area contributed by atoms with Crippen LogP contribution in [0.2, 0.25) is 0 Å². The molecule has 0 aromatic carbocycles. The lowest BCUT2D eigenvalue weighted by Crippen LogP contribution is -2.27. The van der Waals surface area contributed by atoms with Gasteiger partial charge in [0.05, 0.1) is 12.3 Å². The largest absolute Gasteiger partial charge is 0.468 e. The molecule has 2 aliphatic heterocycles. The Morgan fingerprint density at radius 1 is 1.13 bits per heavy atom. The minimum Gasteiger partial charge on any atom is -0.468 e. The van der Waals surface area contributed by atoms with E-state index in [0.717, 1.165) is 18.8 Å². The molecule has 0 N–H and O–H groups in total. The molecule has 0 bridgehead atoms. The van der Waals surface area contributed by atoms with Crippen molar-refractivity contribution in [2.24, 2.45) is 0 Å². The number of furan rings is 1. The number of rotatable bonds is 4. The third-order valence-electron chi connectivity index (χ3n) is 5.01. The summed E-state index contributed by atoms with van der Waals surface area (Å²) in [4.78, 5) is 11.1. The van der Waals surface area contributed by atoms with Gasteiger partial charge in [0.1, 0.15) is 5.76 Å². The highest BCUT2D eigenvalue weighted by molar-refractivity contribution is 7.15. The summed E-state index contributed by atoms with van der Waals surface area (Å²) in [6.07, 6.45) is 11.6. The number of nitrogens with zero attached hydrogens (tertiary/aromatic N) is 3. The van der Waals surface area contributed by atoms with Crippen LogP contribution in [0.1, 0.15) is 55.2 Å². The van der Waals surface area contributed by atoms with Crippen LogP contribution in [0, 0.1) is 0 Å². The van der Waals surface area contributed by atoms with Gasteiger partial charge >= 0.3 is 0 Å². The van der Waals surface area contributed by atoms with Gasteiger partial charge in [0, 0.05) is 30.7 Å². The van der Waals surface area contributed by atoms with Gasteiger partial charge in [-0.3, -0.25) is 4.90 Å². The number of hydrogen-bond acceptors (Lipinski definition) is 5. The van der Waals surface area contributed by atoms with Crippen molar-refractivity contribution in [1.29, 1.82) is 0 Å². The van der Waals surface area contributed by atoms with Crippen LogP contribution in [0.4, 0.5) is 5.13 Å². The molecule has 1 unspecified atom stereocenters. The fourth-order valence-electron chi connectivity index (χ4n) is 3.79. The van der Waals surface area contributed by atoms with E-state index in [1.165, 1.54) is 61.6 Å². The van der Waals surface area contributed by atoms with E-state index in [9.17, 15) is 0 Å². The molecular weight excluding hydrogens is 306 g/mol. The normalized spacial score (nSPS) is 23.3. The van der Waals surface area contributed by atoms with Crippen molar-refractivity contribution in [3.63, 3.8) is 0 Å². The Kier molecular flexibility index (Phi) is 4.67. The van der Waals surface area contributed by atoms with Crippen LogP contribution >= 0.6 is 11.3 Å². The van der Waals surface area contributed by atoms with Crippen LogP contribution in [-0.4, -0.2) is 29.5 Å². The molecule has 2 aliphatic rings. The molecule has 0 amide bonds. The summed E-state index contributed by atoms with van der Waals surface area (Å²) < 4.78 is 5.72. The van der Waals surface area contributed by atoms with Crippen LogP contribution in [-0.2, 0) is 6.54 Å². The van der Waals surface area contributed by atoms with Gasteiger partial charge in [0.2, 0.25) is 0 Å². The summed E-state index contributed by atoms with van der Waals surface area (Å²) >= 11 is 1.87. The first-order valence-electron chi connectivity index (χ1n) is 8.87. The molecule has 5 heteroatoms. The highest BCUT2D eigenvalue weighted by Gasteiger charge is 2.25. The number of thiazole rings is 1. The van der Waals surface area contributed by atoms with E-state index in [4.69, 9.17) is 4.42 Å². The fraction of sp³-hybridized carbons (Fsp3) is 0.611. The number of hydrogen-bond donors (Lipinski definition) is 0. The molecule has 2 fully saturated rings. The van der Waals surface area contributed by atoms with E-state index in [1.54, 1.807) is 6.26 Å². The van der Waals surface area contributed by atoms with Crippen LogP contribution in [0.15, 0.2) is 29.0 Å². The van der Waals surface area contributed by atoms with Gasteiger partial charge in [-0.15, -0.1) is 11.3 Å². The van der Waals surface area contributed by atoms with E-state index in [-0.39, 0.29) is 0 Å². The van der Waals surface area contributed by atoms with Gasteiger partial charge < -0.3 is 9.32 Å². The molecule has 4 heterocycles. The van der Waals surface area contributed by atoms with Gasteiger partial charge in [0.15, 0.2) is 5.13 Å². The van der Waals surface area contributed by atoms with Crippen molar-refractivity contribution in [2.45, 2.75) is 51.1 Å². The molecule has 23 heavy (non-hydrogen) atoms. The maximum absolute atomic E-state index is 5.72. The van der Waals surface area contributed by atoms with Crippen molar-refractivity contribution in [3.8, 4) is 0 Å². The molecule has 0 radical (unpaired) electrons. The molecule has 0 saturated carbocycles.